The molecule has 1 aliphatic heterocycles. The molecule has 0 N–H and O–H groups in total. The van der Waals surface area contributed by atoms with E-state index in [1.54, 1.807) is 0 Å². The maximum atomic E-state index is 4.24. The average molecular weight is 268 g/mol. The molecule has 0 spiro atoms. The summed E-state index contributed by atoms with van der Waals surface area (Å²) in [6, 6.07) is 7.88. The van der Waals surface area contributed by atoms with E-state index in [1.165, 1.54) is 19.3 Å². The van der Waals surface area contributed by atoms with E-state index in [9.17, 15) is 0 Å². The number of nitrogens with zero attached hydrogens (tertiary/aromatic N) is 3. The van der Waals surface area contributed by atoms with Crippen molar-refractivity contribution >= 4 is 21.6 Å². The van der Waals surface area contributed by atoms with Gasteiger partial charge in [-0.25, -0.2) is 0 Å². The van der Waals surface area contributed by atoms with E-state index in [4.69, 9.17) is 0 Å². The highest BCUT2D eigenvalue weighted by molar-refractivity contribution is 9.10. The van der Waals surface area contributed by atoms with E-state index >= 15 is 0 Å². The summed E-state index contributed by atoms with van der Waals surface area (Å²) >= 11 is 3.45. The van der Waals surface area contributed by atoms with Gasteiger partial charge in [0.15, 0.2) is 0 Å². The summed E-state index contributed by atoms with van der Waals surface area (Å²) in [6.45, 7) is 2.07. The number of hydrogen-bond donors (Lipinski definition) is 0. The molecule has 1 aromatic rings. The second kappa shape index (κ2) is 5.26. The molecule has 0 aliphatic carbocycles. The Morgan fingerprint density at radius 3 is 2.53 bits per heavy atom. The number of benzene rings is 1. The van der Waals surface area contributed by atoms with Crippen molar-refractivity contribution in [1.82, 2.24) is 5.01 Å². The van der Waals surface area contributed by atoms with Crippen LogP contribution in [-0.4, -0.2) is 18.1 Å². The number of hydrogen-bond acceptors (Lipinski definition) is 2. The molecular formula is C11H14BrN3. The van der Waals surface area contributed by atoms with Crippen LogP contribution < -0.4 is 0 Å². The van der Waals surface area contributed by atoms with E-state index in [0.29, 0.717) is 0 Å². The van der Waals surface area contributed by atoms with E-state index in [2.05, 4.69) is 26.3 Å². The van der Waals surface area contributed by atoms with Gasteiger partial charge < -0.3 is 0 Å². The van der Waals surface area contributed by atoms with Crippen LogP contribution in [0.15, 0.2) is 39.1 Å². The fourth-order valence-corrected chi connectivity index (χ4v) is 1.97. The van der Waals surface area contributed by atoms with Crippen LogP contribution in [0.1, 0.15) is 19.3 Å². The molecule has 1 fully saturated rings. The van der Waals surface area contributed by atoms with E-state index in [1.807, 2.05) is 29.3 Å². The van der Waals surface area contributed by atoms with Crippen LogP contribution in [0, 0.1) is 0 Å². The summed E-state index contributed by atoms with van der Waals surface area (Å²) in [6.07, 6.45) is 3.78. The van der Waals surface area contributed by atoms with Crippen LogP contribution in [0.2, 0.25) is 0 Å². The van der Waals surface area contributed by atoms with Crippen LogP contribution in [0.25, 0.3) is 0 Å². The van der Waals surface area contributed by atoms with Crippen molar-refractivity contribution in [3.63, 3.8) is 0 Å². The topological polar surface area (TPSA) is 28.0 Å². The fraction of sp³-hybridized carbons (Fsp3) is 0.455. The smallest absolute Gasteiger partial charge is 0.102 e. The SMILES string of the molecule is Brc1ccccc1N=NN1CCCCC1. The lowest BCUT2D eigenvalue weighted by atomic mass is 10.2. The van der Waals surface area contributed by atoms with Gasteiger partial charge in [0.25, 0.3) is 0 Å². The Morgan fingerprint density at radius 1 is 1.07 bits per heavy atom. The van der Waals surface area contributed by atoms with E-state index < -0.39 is 0 Å². The van der Waals surface area contributed by atoms with E-state index in [0.717, 1.165) is 23.2 Å². The first kappa shape index (κ1) is 10.6. The molecule has 0 aromatic heterocycles. The van der Waals surface area contributed by atoms with Crippen molar-refractivity contribution in [2.45, 2.75) is 19.3 Å². The minimum atomic E-state index is 0.892. The molecule has 3 nitrogen and oxygen atoms in total. The van der Waals surface area contributed by atoms with Gasteiger partial charge in [-0.3, -0.25) is 5.01 Å². The molecule has 0 atom stereocenters. The van der Waals surface area contributed by atoms with Gasteiger partial charge in [-0.1, -0.05) is 17.4 Å². The van der Waals surface area contributed by atoms with Gasteiger partial charge in [0, 0.05) is 17.6 Å². The molecule has 0 amide bonds. The summed E-state index contributed by atoms with van der Waals surface area (Å²) in [5, 5.41) is 10.5. The molecule has 80 valence electrons. The Bertz CT molecular complexity index is 345. The zero-order valence-electron chi connectivity index (χ0n) is 8.56. The lowest BCUT2D eigenvalue weighted by molar-refractivity contribution is 0.224. The van der Waals surface area contributed by atoms with Crippen molar-refractivity contribution in [2.24, 2.45) is 10.3 Å². The van der Waals surface area contributed by atoms with Gasteiger partial charge in [0.2, 0.25) is 0 Å². The highest BCUT2D eigenvalue weighted by atomic mass is 79.9. The van der Waals surface area contributed by atoms with Crippen molar-refractivity contribution in [3.8, 4) is 0 Å². The standard InChI is InChI=1S/C11H14BrN3/c12-10-6-2-3-7-11(10)13-14-15-8-4-1-5-9-15/h2-3,6-7H,1,4-5,8-9H2. The van der Waals surface area contributed by atoms with Crippen molar-refractivity contribution in [2.75, 3.05) is 13.1 Å². The molecule has 1 heterocycles. The van der Waals surface area contributed by atoms with Gasteiger partial charge in [0.05, 0.1) is 0 Å². The molecule has 0 unspecified atom stereocenters. The molecule has 0 bridgehead atoms. The summed E-state index contributed by atoms with van der Waals surface area (Å²) in [5.74, 6) is 0. The fourth-order valence-electron chi connectivity index (χ4n) is 1.61. The first-order valence-corrected chi connectivity index (χ1v) is 6.07. The molecule has 4 heteroatoms. The normalized spacial score (nSPS) is 17.3. The zero-order chi connectivity index (χ0) is 10.5. The van der Waals surface area contributed by atoms with Gasteiger partial charge in [-0.2, -0.15) is 0 Å². The number of piperidine rings is 1. The Hall–Kier alpha value is -0.900. The molecule has 15 heavy (non-hydrogen) atoms. The molecule has 2 rings (SSSR count). The second-order valence-corrected chi connectivity index (χ2v) is 4.51. The van der Waals surface area contributed by atoms with Crippen molar-refractivity contribution in [3.05, 3.63) is 28.7 Å². The van der Waals surface area contributed by atoms with E-state index in [-0.39, 0.29) is 0 Å². The summed E-state index contributed by atoms with van der Waals surface area (Å²) in [4.78, 5) is 0. The third-order valence-corrected chi connectivity index (χ3v) is 3.13. The molecule has 0 saturated carbocycles. The first-order valence-electron chi connectivity index (χ1n) is 5.27. The minimum absolute atomic E-state index is 0.892. The Labute approximate surface area is 98.3 Å². The summed E-state index contributed by atoms with van der Waals surface area (Å²) in [7, 11) is 0. The zero-order valence-corrected chi connectivity index (χ0v) is 10.2. The maximum Gasteiger partial charge on any atom is 0.102 e. The molecule has 1 aliphatic rings. The van der Waals surface area contributed by atoms with Gasteiger partial charge in [-0.15, -0.1) is 5.11 Å². The average Bonchev–Trinajstić information content (AvgIpc) is 2.29. The maximum absolute atomic E-state index is 4.24. The molecule has 0 radical (unpaired) electrons. The molecule has 1 aromatic carbocycles. The predicted molar refractivity (Wildman–Crippen MR) is 64.1 cm³/mol. The summed E-state index contributed by atoms with van der Waals surface area (Å²) < 4.78 is 0.991. The van der Waals surface area contributed by atoms with Crippen LogP contribution >= 0.6 is 15.9 Å². The highest BCUT2D eigenvalue weighted by Gasteiger charge is 2.07. The Balaban J connectivity index is 2.01. The number of halogens is 1. The van der Waals surface area contributed by atoms with Crippen molar-refractivity contribution < 1.29 is 0 Å². The van der Waals surface area contributed by atoms with Gasteiger partial charge >= 0.3 is 0 Å². The van der Waals surface area contributed by atoms with Gasteiger partial charge in [-0.05, 0) is 47.3 Å². The van der Waals surface area contributed by atoms with Crippen LogP contribution in [0.4, 0.5) is 5.69 Å². The lowest BCUT2D eigenvalue weighted by Crippen LogP contribution is -2.23. The Kier molecular flexibility index (Phi) is 3.72. The minimum Gasteiger partial charge on any atom is -0.278 e. The van der Waals surface area contributed by atoms with Crippen LogP contribution in [-0.2, 0) is 0 Å². The van der Waals surface area contributed by atoms with Gasteiger partial charge in [0.1, 0.15) is 5.69 Å². The third-order valence-electron chi connectivity index (χ3n) is 2.46. The first-order chi connectivity index (χ1) is 7.36. The number of rotatable bonds is 2. The molecule has 1 saturated heterocycles. The van der Waals surface area contributed by atoms with Crippen LogP contribution in [0.3, 0.4) is 0 Å². The van der Waals surface area contributed by atoms with Crippen LogP contribution in [0.5, 0.6) is 0 Å². The largest absolute Gasteiger partial charge is 0.278 e. The monoisotopic (exact) mass is 267 g/mol. The third kappa shape index (κ3) is 3.02. The summed E-state index contributed by atoms with van der Waals surface area (Å²) in [5.41, 5.74) is 0.892. The second-order valence-electron chi connectivity index (χ2n) is 3.66. The molecular weight excluding hydrogens is 254 g/mol. The highest BCUT2D eigenvalue weighted by Crippen LogP contribution is 2.25. The quantitative estimate of drug-likeness (QED) is 0.747. The van der Waals surface area contributed by atoms with Crippen molar-refractivity contribution in [1.29, 1.82) is 0 Å². The Morgan fingerprint density at radius 2 is 1.80 bits per heavy atom. The predicted octanol–water partition coefficient (Wildman–Crippen LogP) is 3.93. The lowest BCUT2D eigenvalue weighted by Gasteiger charge is -2.21.